The summed E-state index contributed by atoms with van der Waals surface area (Å²) in [5, 5.41) is 5.43. The number of hydrogen-bond donors (Lipinski definition) is 2. The quantitative estimate of drug-likeness (QED) is 0.733. The first-order valence-corrected chi connectivity index (χ1v) is 7.55. The van der Waals surface area contributed by atoms with Crippen molar-refractivity contribution in [2.45, 2.75) is 13.5 Å². The molecule has 2 heterocycles. The van der Waals surface area contributed by atoms with Crippen LogP contribution in [-0.4, -0.2) is 14.6 Å². The summed E-state index contributed by atoms with van der Waals surface area (Å²) in [6, 6.07) is 3.21. The van der Waals surface area contributed by atoms with E-state index in [9.17, 15) is 0 Å². The van der Waals surface area contributed by atoms with E-state index in [1.807, 2.05) is 6.92 Å². The molecule has 0 saturated heterocycles. The molecule has 5 nitrogen and oxygen atoms in total. The molecule has 22 heavy (non-hydrogen) atoms. The van der Waals surface area contributed by atoms with Crippen molar-refractivity contribution in [1.29, 1.82) is 0 Å². The van der Waals surface area contributed by atoms with Crippen LogP contribution in [-0.2, 0) is 6.54 Å². The molecule has 1 aromatic carbocycles. The minimum Gasteiger partial charge on any atom is -0.383 e. The molecular formula is C14H12Cl3N5. The normalized spacial score (nSPS) is 11.3. The molecular weight excluding hydrogens is 345 g/mol. The van der Waals surface area contributed by atoms with E-state index in [4.69, 9.17) is 46.3 Å². The summed E-state index contributed by atoms with van der Waals surface area (Å²) < 4.78 is 1.55. The molecule has 3 aromatic rings. The minimum atomic E-state index is 0.179. The highest BCUT2D eigenvalue weighted by molar-refractivity contribution is 6.41. The number of aryl methyl sites for hydroxylation is 1. The van der Waals surface area contributed by atoms with Crippen LogP contribution in [0.15, 0.2) is 18.3 Å². The lowest BCUT2D eigenvalue weighted by Gasteiger charge is -2.14. The molecule has 0 radical (unpaired) electrons. The van der Waals surface area contributed by atoms with Crippen LogP contribution in [0.2, 0.25) is 15.1 Å². The van der Waals surface area contributed by atoms with Crippen LogP contribution in [0.5, 0.6) is 0 Å². The van der Waals surface area contributed by atoms with Gasteiger partial charge in [-0.2, -0.15) is 9.61 Å². The summed E-state index contributed by atoms with van der Waals surface area (Å²) in [5.74, 6) is 0.415. The number of rotatable bonds is 2. The zero-order valence-electron chi connectivity index (χ0n) is 11.6. The van der Waals surface area contributed by atoms with E-state index < -0.39 is 0 Å². The van der Waals surface area contributed by atoms with Gasteiger partial charge in [0.2, 0.25) is 0 Å². The molecule has 0 aliphatic heterocycles. The van der Waals surface area contributed by atoms with Crippen LogP contribution in [0.4, 0.5) is 5.82 Å². The molecule has 0 fully saturated rings. The number of aromatic nitrogens is 3. The Bertz CT molecular complexity index is 865. The Kier molecular flexibility index (Phi) is 3.91. The van der Waals surface area contributed by atoms with E-state index in [1.165, 1.54) is 0 Å². The second kappa shape index (κ2) is 5.59. The Morgan fingerprint density at radius 2 is 1.82 bits per heavy atom. The number of hydrogen-bond acceptors (Lipinski definition) is 4. The summed E-state index contributed by atoms with van der Waals surface area (Å²) in [5.41, 5.74) is 15.3. The minimum absolute atomic E-state index is 0.179. The maximum Gasteiger partial charge on any atom is 0.160 e. The number of benzene rings is 1. The van der Waals surface area contributed by atoms with E-state index in [1.54, 1.807) is 22.8 Å². The predicted molar refractivity (Wildman–Crippen MR) is 90.5 cm³/mol. The molecule has 0 spiro atoms. The number of nitrogens with zero attached hydrogens (tertiary/aromatic N) is 3. The number of fused-ring (bicyclic) bond motifs is 1. The largest absolute Gasteiger partial charge is 0.383 e. The van der Waals surface area contributed by atoms with E-state index in [-0.39, 0.29) is 6.54 Å². The van der Waals surface area contributed by atoms with Crippen molar-refractivity contribution in [1.82, 2.24) is 14.6 Å². The lowest BCUT2D eigenvalue weighted by molar-refractivity contribution is 0.920. The van der Waals surface area contributed by atoms with Crippen molar-refractivity contribution in [2.24, 2.45) is 5.73 Å². The van der Waals surface area contributed by atoms with Gasteiger partial charge in [-0.15, -0.1) is 0 Å². The van der Waals surface area contributed by atoms with Crippen molar-refractivity contribution < 1.29 is 0 Å². The first-order valence-electron chi connectivity index (χ1n) is 6.41. The zero-order chi connectivity index (χ0) is 16.0. The number of anilines is 1. The predicted octanol–water partition coefficient (Wildman–Crippen LogP) is 3.71. The Labute approximate surface area is 141 Å². The zero-order valence-corrected chi connectivity index (χ0v) is 13.8. The van der Waals surface area contributed by atoms with Gasteiger partial charge in [-0.05, 0) is 19.1 Å². The highest BCUT2D eigenvalue weighted by Gasteiger charge is 2.20. The fourth-order valence-corrected chi connectivity index (χ4v) is 3.33. The summed E-state index contributed by atoms with van der Waals surface area (Å²) in [6.45, 7) is 2.07. The molecule has 0 unspecified atom stereocenters. The van der Waals surface area contributed by atoms with Gasteiger partial charge >= 0.3 is 0 Å². The topological polar surface area (TPSA) is 82.2 Å². The fraction of sp³-hybridized carbons (Fsp3) is 0.143. The molecule has 0 atom stereocenters. The number of nitrogens with two attached hydrogens (primary N) is 2. The molecule has 0 amide bonds. The molecule has 3 rings (SSSR count). The summed E-state index contributed by atoms with van der Waals surface area (Å²) >= 11 is 18.6. The van der Waals surface area contributed by atoms with Gasteiger partial charge in [-0.1, -0.05) is 34.8 Å². The van der Waals surface area contributed by atoms with Crippen molar-refractivity contribution in [2.75, 3.05) is 5.73 Å². The average Bonchev–Trinajstić information content (AvgIpc) is 2.80. The molecule has 8 heteroatoms. The number of nitrogen functional groups attached to an aromatic ring is 1. The lowest BCUT2D eigenvalue weighted by Crippen LogP contribution is -2.11. The third-order valence-corrected chi connectivity index (χ3v) is 4.22. The SMILES string of the molecule is Cc1cnn2c(N)c(CN)c(-c3c(Cl)cc(Cl)cc3Cl)nc12. The lowest BCUT2D eigenvalue weighted by atomic mass is 10.1. The molecule has 0 bridgehead atoms. The van der Waals surface area contributed by atoms with Crippen LogP contribution in [0.25, 0.3) is 16.9 Å². The van der Waals surface area contributed by atoms with E-state index in [0.29, 0.717) is 43.4 Å². The van der Waals surface area contributed by atoms with Gasteiger partial charge in [0.05, 0.1) is 21.9 Å². The molecule has 0 aliphatic rings. The Hall–Kier alpha value is -1.53. The van der Waals surface area contributed by atoms with Gasteiger partial charge in [-0.3, -0.25) is 0 Å². The third-order valence-electron chi connectivity index (χ3n) is 3.41. The van der Waals surface area contributed by atoms with Gasteiger partial charge in [0.1, 0.15) is 5.82 Å². The van der Waals surface area contributed by atoms with Crippen LogP contribution < -0.4 is 11.5 Å². The third kappa shape index (κ3) is 2.30. The van der Waals surface area contributed by atoms with Gasteiger partial charge in [-0.25, -0.2) is 4.98 Å². The molecule has 0 saturated carbocycles. The average molecular weight is 357 g/mol. The van der Waals surface area contributed by atoms with Crippen LogP contribution in [0.1, 0.15) is 11.1 Å². The van der Waals surface area contributed by atoms with Crippen LogP contribution in [0, 0.1) is 6.92 Å². The maximum atomic E-state index is 6.30. The van der Waals surface area contributed by atoms with E-state index in [2.05, 4.69) is 10.1 Å². The van der Waals surface area contributed by atoms with Crippen LogP contribution in [0.3, 0.4) is 0 Å². The van der Waals surface area contributed by atoms with Crippen molar-refractivity contribution in [3.63, 3.8) is 0 Å². The highest BCUT2D eigenvalue weighted by atomic mass is 35.5. The van der Waals surface area contributed by atoms with Gasteiger partial charge < -0.3 is 11.5 Å². The smallest absolute Gasteiger partial charge is 0.160 e. The van der Waals surface area contributed by atoms with E-state index >= 15 is 0 Å². The number of halogens is 3. The molecule has 2 aromatic heterocycles. The van der Waals surface area contributed by atoms with Crippen molar-refractivity contribution >= 4 is 46.3 Å². The monoisotopic (exact) mass is 355 g/mol. The second-order valence-corrected chi connectivity index (χ2v) is 6.09. The Balaban J connectivity index is 2.42. The summed E-state index contributed by atoms with van der Waals surface area (Å²) in [7, 11) is 0. The van der Waals surface area contributed by atoms with Crippen molar-refractivity contribution in [3.8, 4) is 11.3 Å². The van der Waals surface area contributed by atoms with E-state index in [0.717, 1.165) is 5.56 Å². The standard InChI is InChI=1S/C14H12Cl3N5/c1-6-5-20-22-13(19)8(4-18)12(21-14(6)22)11-9(16)2-7(15)3-10(11)17/h2-3,5H,4,18-19H2,1H3. The van der Waals surface area contributed by atoms with Gasteiger partial charge in [0, 0.05) is 28.3 Å². The summed E-state index contributed by atoms with van der Waals surface area (Å²) in [6.07, 6.45) is 1.69. The molecule has 0 aliphatic carbocycles. The maximum absolute atomic E-state index is 6.30. The first-order chi connectivity index (χ1) is 10.4. The summed E-state index contributed by atoms with van der Waals surface area (Å²) in [4.78, 5) is 4.62. The Morgan fingerprint density at radius 3 is 2.41 bits per heavy atom. The van der Waals surface area contributed by atoms with Crippen LogP contribution >= 0.6 is 34.8 Å². The highest BCUT2D eigenvalue weighted by Crippen LogP contribution is 2.39. The first kappa shape index (κ1) is 15.4. The molecule has 4 N–H and O–H groups in total. The second-order valence-electron chi connectivity index (χ2n) is 4.84. The molecule has 114 valence electrons. The Morgan fingerprint density at radius 1 is 1.18 bits per heavy atom. The van der Waals surface area contributed by atoms with Gasteiger partial charge in [0.15, 0.2) is 5.65 Å². The van der Waals surface area contributed by atoms with Gasteiger partial charge in [0.25, 0.3) is 0 Å². The van der Waals surface area contributed by atoms with Crippen molar-refractivity contribution in [3.05, 3.63) is 44.5 Å². The fourth-order valence-electron chi connectivity index (χ4n) is 2.33.